The van der Waals surface area contributed by atoms with Crippen molar-refractivity contribution in [2.24, 2.45) is 47.3 Å². The summed E-state index contributed by atoms with van der Waals surface area (Å²) in [5, 5.41) is 58.8. The van der Waals surface area contributed by atoms with Crippen LogP contribution in [-0.4, -0.2) is 67.0 Å². The molecular formula is C44H64O8. The van der Waals surface area contributed by atoms with Gasteiger partial charge < -0.3 is 30.6 Å². The van der Waals surface area contributed by atoms with E-state index in [1.54, 1.807) is 13.8 Å². The number of allylic oxidation sites excluding steroid dienone is 4. The predicted octanol–water partition coefficient (Wildman–Crippen LogP) is 7.08. The van der Waals surface area contributed by atoms with Crippen LogP contribution in [0.4, 0.5) is 0 Å². The third-order valence-corrected chi connectivity index (χ3v) is 11.7. The molecular weight excluding hydrogens is 656 g/mol. The quantitative estimate of drug-likeness (QED) is 0.0562. The summed E-state index contributed by atoms with van der Waals surface area (Å²) in [5.74, 6) is 12.5. The number of fused-ring (bicyclic) bond motifs is 2. The summed E-state index contributed by atoms with van der Waals surface area (Å²) in [5.41, 5.74) is 2.81. The van der Waals surface area contributed by atoms with Gasteiger partial charge >= 0.3 is 11.9 Å². The number of hydrogen-bond donors (Lipinski definition) is 6. The van der Waals surface area contributed by atoms with E-state index in [0.29, 0.717) is 49.4 Å². The maximum atomic E-state index is 10.6. The molecule has 4 unspecified atom stereocenters. The smallest absolute Gasteiger partial charge is 0.303 e. The molecule has 12 atom stereocenters. The van der Waals surface area contributed by atoms with Crippen LogP contribution < -0.4 is 0 Å². The Morgan fingerprint density at radius 1 is 0.692 bits per heavy atom. The summed E-state index contributed by atoms with van der Waals surface area (Å²) >= 11 is 0. The van der Waals surface area contributed by atoms with Crippen molar-refractivity contribution in [2.75, 3.05) is 0 Å². The van der Waals surface area contributed by atoms with Gasteiger partial charge in [0.15, 0.2) is 0 Å². The van der Waals surface area contributed by atoms with Crippen molar-refractivity contribution >= 4 is 11.9 Å². The van der Waals surface area contributed by atoms with Crippen LogP contribution in [0.5, 0.6) is 0 Å². The largest absolute Gasteiger partial charge is 0.481 e. The average molecular weight is 721 g/mol. The fourth-order valence-corrected chi connectivity index (χ4v) is 8.63. The van der Waals surface area contributed by atoms with Gasteiger partial charge in [0.25, 0.3) is 0 Å². The molecule has 6 N–H and O–H groups in total. The minimum absolute atomic E-state index is 0.0845. The molecule has 4 aliphatic rings. The Bertz CT molecular complexity index is 1300. The minimum Gasteiger partial charge on any atom is -0.481 e. The van der Waals surface area contributed by atoms with Crippen molar-refractivity contribution in [3.05, 3.63) is 47.6 Å². The zero-order chi connectivity index (χ0) is 38.2. The average Bonchev–Trinajstić information content (AvgIpc) is 3.83. The van der Waals surface area contributed by atoms with Crippen LogP contribution in [0.2, 0.25) is 0 Å². The Labute approximate surface area is 312 Å². The third kappa shape index (κ3) is 13.7. The highest BCUT2D eigenvalue weighted by Crippen LogP contribution is 2.51. The molecule has 8 heteroatoms. The first-order valence-electron chi connectivity index (χ1n) is 19.5. The normalized spacial score (nSPS) is 31.6. The molecule has 0 heterocycles. The van der Waals surface area contributed by atoms with E-state index >= 15 is 0 Å². The summed E-state index contributed by atoms with van der Waals surface area (Å²) < 4.78 is 0. The number of carboxylic acid groups (broad SMARTS) is 2. The van der Waals surface area contributed by atoms with Crippen molar-refractivity contribution in [1.82, 2.24) is 0 Å². The zero-order valence-corrected chi connectivity index (χ0v) is 31.8. The molecule has 4 rings (SSSR count). The van der Waals surface area contributed by atoms with E-state index in [2.05, 4.69) is 35.8 Å². The number of carbonyl (C=O) groups is 2. The maximum absolute atomic E-state index is 10.6. The molecule has 0 spiro atoms. The number of hydrogen-bond acceptors (Lipinski definition) is 6. The summed E-state index contributed by atoms with van der Waals surface area (Å²) in [7, 11) is 0. The molecule has 4 aliphatic carbocycles. The predicted molar refractivity (Wildman–Crippen MR) is 205 cm³/mol. The molecule has 52 heavy (non-hydrogen) atoms. The Morgan fingerprint density at radius 2 is 1.08 bits per heavy atom. The van der Waals surface area contributed by atoms with E-state index in [9.17, 15) is 30.0 Å². The van der Waals surface area contributed by atoms with Gasteiger partial charge in [-0.25, -0.2) is 0 Å². The van der Waals surface area contributed by atoms with Crippen LogP contribution in [0.1, 0.15) is 118 Å². The maximum Gasteiger partial charge on any atom is 0.303 e. The van der Waals surface area contributed by atoms with Crippen LogP contribution in [0.25, 0.3) is 0 Å². The lowest BCUT2D eigenvalue weighted by Gasteiger charge is -2.19. The number of aliphatic hydroxyl groups excluding tert-OH is 4. The highest BCUT2D eigenvalue weighted by Gasteiger charge is 2.46. The van der Waals surface area contributed by atoms with Crippen LogP contribution in [0, 0.1) is 71.0 Å². The van der Waals surface area contributed by atoms with E-state index in [1.807, 2.05) is 38.2 Å². The van der Waals surface area contributed by atoms with Gasteiger partial charge in [-0.15, -0.1) is 23.7 Å². The Hall–Kier alpha value is -3.14. The Morgan fingerprint density at radius 3 is 1.42 bits per heavy atom. The molecule has 0 aliphatic heterocycles. The number of aliphatic hydroxyl groups is 4. The van der Waals surface area contributed by atoms with Gasteiger partial charge in [-0.3, -0.25) is 9.59 Å². The summed E-state index contributed by atoms with van der Waals surface area (Å²) in [6.45, 7) is 7.58. The topological polar surface area (TPSA) is 156 Å². The first-order chi connectivity index (χ1) is 24.8. The SMILES string of the molecule is CC#CCC(C)[C@H](O)/C=C/C1[C@H](O)C[C@@H]2C/C(=C\CCCC(=O)O)C[C@H]12.CC#CCC(C)[C@H](O)/C=C/C1[C@H](O)C[C@@H]2C/C(=C\CCCC(=O)O)C[C@H]12. The van der Waals surface area contributed by atoms with Crippen LogP contribution in [0.15, 0.2) is 47.6 Å². The van der Waals surface area contributed by atoms with Gasteiger partial charge in [-0.1, -0.05) is 61.4 Å². The molecule has 0 saturated heterocycles. The summed E-state index contributed by atoms with van der Waals surface area (Å²) in [6.07, 6.45) is 20.8. The Kier molecular flexibility index (Phi) is 18.4. The van der Waals surface area contributed by atoms with Gasteiger partial charge in [-0.05, 0) is 114 Å². The van der Waals surface area contributed by atoms with E-state index in [4.69, 9.17) is 10.2 Å². The molecule has 4 fully saturated rings. The first kappa shape index (κ1) is 43.3. The van der Waals surface area contributed by atoms with E-state index in [-0.39, 0.29) is 48.7 Å². The van der Waals surface area contributed by atoms with Crippen molar-refractivity contribution < 1.29 is 40.2 Å². The summed E-state index contributed by atoms with van der Waals surface area (Å²) in [4.78, 5) is 21.2. The fourth-order valence-electron chi connectivity index (χ4n) is 8.63. The Balaban J connectivity index is 0.000000280. The van der Waals surface area contributed by atoms with Gasteiger partial charge in [0, 0.05) is 37.5 Å². The third-order valence-electron chi connectivity index (χ3n) is 11.7. The number of carboxylic acids is 2. The molecule has 0 aromatic carbocycles. The van der Waals surface area contributed by atoms with E-state index < -0.39 is 24.1 Å². The lowest BCUT2D eigenvalue weighted by Crippen LogP contribution is -2.19. The van der Waals surface area contributed by atoms with Crippen molar-refractivity contribution in [1.29, 1.82) is 0 Å². The molecule has 0 bridgehead atoms. The highest BCUT2D eigenvalue weighted by atomic mass is 16.4. The second kappa shape index (κ2) is 22.2. The van der Waals surface area contributed by atoms with Crippen LogP contribution >= 0.6 is 0 Å². The minimum atomic E-state index is -0.738. The van der Waals surface area contributed by atoms with Crippen molar-refractivity contribution in [3.8, 4) is 23.7 Å². The monoisotopic (exact) mass is 720 g/mol. The number of unbranched alkanes of at least 4 members (excludes halogenated alkanes) is 2. The van der Waals surface area contributed by atoms with Crippen LogP contribution in [-0.2, 0) is 9.59 Å². The molecule has 0 amide bonds. The standard InChI is InChI=1S/2C22H32O4/c2*1-3-4-7-15(2)20(23)11-10-18-19-13-16(8-5-6-9-22(25)26)12-17(19)14-21(18)24/h2*8,10-11,15,17-21,23-24H,5-7,9,12-14H2,1-2H3,(H,25,26)/b2*11-10+,16-8+/t2*15?,17-,18?,19-,20+,21+/m00/s1. The molecule has 0 aromatic rings. The molecule has 8 nitrogen and oxygen atoms in total. The zero-order valence-electron chi connectivity index (χ0n) is 31.8. The number of aliphatic carboxylic acids is 2. The highest BCUT2D eigenvalue weighted by molar-refractivity contribution is 5.66. The number of rotatable bonds is 16. The summed E-state index contributed by atoms with van der Waals surface area (Å²) in [6, 6.07) is 0. The second-order valence-corrected chi connectivity index (χ2v) is 15.7. The van der Waals surface area contributed by atoms with E-state index in [0.717, 1.165) is 51.4 Å². The first-order valence-corrected chi connectivity index (χ1v) is 19.5. The van der Waals surface area contributed by atoms with Gasteiger partial charge in [-0.2, -0.15) is 0 Å². The molecule has 288 valence electrons. The van der Waals surface area contributed by atoms with Crippen molar-refractivity contribution in [3.63, 3.8) is 0 Å². The van der Waals surface area contributed by atoms with E-state index in [1.165, 1.54) is 11.1 Å². The second-order valence-electron chi connectivity index (χ2n) is 15.7. The fraction of sp³-hybridized carbons (Fsp3) is 0.682. The lowest BCUT2D eigenvalue weighted by molar-refractivity contribution is -0.138. The van der Waals surface area contributed by atoms with Gasteiger partial charge in [0.1, 0.15) is 0 Å². The van der Waals surface area contributed by atoms with Crippen LogP contribution in [0.3, 0.4) is 0 Å². The molecule has 0 radical (unpaired) electrons. The van der Waals surface area contributed by atoms with Gasteiger partial charge in [0.05, 0.1) is 24.4 Å². The lowest BCUT2D eigenvalue weighted by atomic mass is 9.89. The van der Waals surface area contributed by atoms with Crippen molar-refractivity contribution in [2.45, 2.75) is 142 Å². The molecule has 4 saturated carbocycles. The van der Waals surface area contributed by atoms with Gasteiger partial charge in [0.2, 0.25) is 0 Å². The molecule has 0 aromatic heterocycles.